The van der Waals surface area contributed by atoms with Crippen molar-refractivity contribution < 1.29 is 17.9 Å². The molecule has 0 atom stereocenters. The van der Waals surface area contributed by atoms with Crippen molar-refractivity contribution in [1.29, 1.82) is 0 Å². The molecule has 152 valence electrons. The summed E-state index contributed by atoms with van der Waals surface area (Å²) in [6.07, 6.45) is 1.48. The van der Waals surface area contributed by atoms with Gasteiger partial charge >= 0.3 is 0 Å². The fraction of sp³-hybridized carbons (Fsp3) is 0.412. The number of nitrogens with zero attached hydrogens (tertiary/aromatic N) is 3. The molecule has 2 aromatic rings. The Hall–Kier alpha value is -2.14. The van der Waals surface area contributed by atoms with Gasteiger partial charge in [-0.25, -0.2) is 23.1 Å². The third-order valence-corrected chi connectivity index (χ3v) is 5.90. The van der Waals surface area contributed by atoms with Crippen LogP contribution in [-0.4, -0.2) is 64.9 Å². The van der Waals surface area contributed by atoms with Gasteiger partial charge < -0.3 is 19.7 Å². The minimum absolute atomic E-state index is 0.0786. The van der Waals surface area contributed by atoms with Crippen LogP contribution in [0.5, 0.6) is 5.75 Å². The molecular weight excluding hydrogens is 406 g/mol. The predicted octanol–water partition coefficient (Wildman–Crippen LogP) is 1.37. The van der Waals surface area contributed by atoms with Crippen molar-refractivity contribution in [1.82, 2.24) is 14.7 Å². The number of nitrogens with one attached hydrogen (secondary N) is 2. The molecule has 1 aromatic heterocycles. The van der Waals surface area contributed by atoms with Gasteiger partial charge in [-0.2, -0.15) is 0 Å². The predicted molar refractivity (Wildman–Crippen MR) is 107 cm³/mol. The Labute approximate surface area is 169 Å². The van der Waals surface area contributed by atoms with E-state index in [2.05, 4.69) is 24.9 Å². The summed E-state index contributed by atoms with van der Waals surface area (Å²) in [6.45, 7) is 3.45. The van der Waals surface area contributed by atoms with Gasteiger partial charge in [-0.1, -0.05) is 11.6 Å². The first-order chi connectivity index (χ1) is 13.5. The van der Waals surface area contributed by atoms with E-state index in [0.717, 1.165) is 18.9 Å². The summed E-state index contributed by atoms with van der Waals surface area (Å²) in [5.74, 6) is 1.86. The van der Waals surface area contributed by atoms with Crippen LogP contribution in [0.1, 0.15) is 0 Å². The van der Waals surface area contributed by atoms with Crippen molar-refractivity contribution in [3.63, 3.8) is 0 Å². The van der Waals surface area contributed by atoms with E-state index in [1.165, 1.54) is 31.6 Å². The van der Waals surface area contributed by atoms with E-state index in [0.29, 0.717) is 31.3 Å². The van der Waals surface area contributed by atoms with E-state index in [1.54, 1.807) is 0 Å². The Morgan fingerprint density at radius 3 is 2.71 bits per heavy atom. The summed E-state index contributed by atoms with van der Waals surface area (Å²) in [5, 5.41) is 3.33. The summed E-state index contributed by atoms with van der Waals surface area (Å²) < 4.78 is 37.6. The molecule has 2 heterocycles. The van der Waals surface area contributed by atoms with Gasteiger partial charge in [0, 0.05) is 32.2 Å². The molecule has 9 nitrogen and oxygen atoms in total. The molecule has 1 aliphatic rings. The van der Waals surface area contributed by atoms with E-state index in [1.807, 2.05) is 6.07 Å². The van der Waals surface area contributed by atoms with Gasteiger partial charge in [-0.05, 0) is 18.2 Å². The number of methoxy groups -OCH3 is 1. The van der Waals surface area contributed by atoms with Crippen LogP contribution in [0.15, 0.2) is 35.5 Å². The van der Waals surface area contributed by atoms with Crippen LogP contribution in [0.2, 0.25) is 5.02 Å². The number of sulfonamides is 1. The molecule has 0 saturated carbocycles. The smallest absolute Gasteiger partial charge is 0.240 e. The molecule has 2 N–H and O–H groups in total. The number of anilines is 2. The Kier molecular flexibility index (Phi) is 6.89. The zero-order chi connectivity index (χ0) is 20.0. The summed E-state index contributed by atoms with van der Waals surface area (Å²) >= 11 is 6.00. The number of rotatable bonds is 8. The molecule has 0 unspecified atom stereocenters. The van der Waals surface area contributed by atoms with Crippen LogP contribution >= 0.6 is 11.6 Å². The largest absolute Gasteiger partial charge is 0.495 e. The van der Waals surface area contributed by atoms with Gasteiger partial charge in [0.25, 0.3) is 0 Å². The molecule has 0 bridgehead atoms. The van der Waals surface area contributed by atoms with Crippen LogP contribution in [0.3, 0.4) is 0 Å². The lowest BCUT2D eigenvalue weighted by molar-refractivity contribution is 0.122. The molecular formula is C17H22ClN5O4S. The van der Waals surface area contributed by atoms with Crippen LogP contribution in [0.4, 0.5) is 11.6 Å². The van der Waals surface area contributed by atoms with Crippen LogP contribution in [0, 0.1) is 0 Å². The quantitative estimate of drug-likeness (QED) is 0.608. The Morgan fingerprint density at radius 1 is 1.21 bits per heavy atom. The van der Waals surface area contributed by atoms with Gasteiger partial charge in [0.15, 0.2) is 0 Å². The van der Waals surface area contributed by atoms with Gasteiger partial charge in [0.1, 0.15) is 23.7 Å². The minimum atomic E-state index is -3.67. The van der Waals surface area contributed by atoms with Gasteiger partial charge in [0.05, 0.1) is 30.2 Å². The second-order valence-electron chi connectivity index (χ2n) is 5.98. The lowest BCUT2D eigenvalue weighted by atomic mass is 10.3. The topological polar surface area (TPSA) is 106 Å². The molecule has 1 fully saturated rings. The summed E-state index contributed by atoms with van der Waals surface area (Å²) in [7, 11) is -2.20. The number of hydrogen-bond acceptors (Lipinski definition) is 8. The highest BCUT2D eigenvalue weighted by Gasteiger charge is 2.16. The molecule has 0 radical (unpaired) electrons. The number of aromatic nitrogens is 2. The van der Waals surface area contributed by atoms with E-state index in [4.69, 9.17) is 21.1 Å². The highest BCUT2D eigenvalue weighted by Crippen LogP contribution is 2.26. The maximum atomic E-state index is 12.4. The number of halogens is 1. The minimum Gasteiger partial charge on any atom is -0.495 e. The molecule has 3 rings (SSSR count). The number of hydrogen-bond donors (Lipinski definition) is 2. The maximum Gasteiger partial charge on any atom is 0.240 e. The second-order valence-corrected chi connectivity index (χ2v) is 8.16. The van der Waals surface area contributed by atoms with E-state index >= 15 is 0 Å². The van der Waals surface area contributed by atoms with Crippen LogP contribution in [-0.2, 0) is 14.8 Å². The summed E-state index contributed by atoms with van der Waals surface area (Å²) in [4.78, 5) is 10.6. The Balaban J connectivity index is 1.53. The number of morpholine rings is 1. The molecule has 0 spiro atoms. The molecule has 28 heavy (non-hydrogen) atoms. The molecule has 0 amide bonds. The second kappa shape index (κ2) is 9.37. The zero-order valence-corrected chi connectivity index (χ0v) is 17.0. The first-order valence-corrected chi connectivity index (χ1v) is 10.6. The van der Waals surface area contributed by atoms with Crippen molar-refractivity contribution in [2.24, 2.45) is 0 Å². The molecule has 11 heteroatoms. The van der Waals surface area contributed by atoms with Crippen molar-refractivity contribution >= 4 is 33.3 Å². The SMILES string of the molecule is COc1ccc(S(=O)(=O)NCCNc2cc(N3CCOCC3)ncn2)cc1Cl. The summed E-state index contributed by atoms with van der Waals surface area (Å²) in [6, 6.07) is 6.15. The molecule has 1 saturated heterocycles. The monoisotopic (exact) mass is 427 g/mol. The Morgan fingerprint density at radius 2 is 2.00 bits per heavy atom. The van der Waals surface area contributed by atoms with Crippen molar-refractivity contribution in [3.05, 3.63) is 35.6 Å². The van der Waals surface area contributed by atoms with Gasteiger partial charge in [-0.3, -0.25) is 0 Å². The first-order valence-electron chi connectivity index (χ1n) is 8.71. The summed E-state index contributed by atoms with van der Waals surface area (Å²) in [5.41, 5.74) is 0. The average Bonchev–Trinajstić information content (AvgIpc) is 2.72. The first kappa shape index (κ1) is 20.6. The average molecular weight is 428 g/mol. The fourth-order valence-corrected chi connectivity index (χ4v) is 4.06. The highest BCUT2D eigenvalue weighted by molar-refractivity contribution is 7.89. The normalized spacial score (nSPS) is 14.7. The lowest BCUT2D eigenvalue weighted by Crippen LogP contribution is -2.36. The van der Waals surface area contributed by atoms with Crippen molar-refractivity contribution in [2.75, 3.05) is 56.7 Å². The number of ether oxygens (including phenoxy) is 2. The highest BCUT2D eigenvalue weighted by atomic mass is 35.5. The third kappa shape index (κ3) is 5.22. The van der Waals surface area contributed by atoms with E-state index in [-0.39, 0.29) is 16.5 Å². The lowest BCUT2D eigenvalue weighted by Gasteiger charge is -2.27. The van der Waals surface area contributed by atoms with Gasteiger partial charge in [-0.15, -0.1) is 0 Å². The number of benzene rings is 1. The van der Waals surface area contributed by atoms with Crippen LogP contribution < -0.4 is 19.7 Å². The van der Waals surface area contributed by atoms with E-state index in [9.17, 15) is 8.42 Å². The molecule has 1 aliphatic heterocycles. The zero-order valence-electron chi connectivity index (χ0n) is 15.4. The Bertz CT molecular complexity index is 906. The molecule has 1 aromatic carbocycles. The van der Waals surface area contributed by atoms with Crippen LogP contribution in [0.25, 0.3) is 0 Å². The van der Waals surface area contributed by atoms with Gasteiger partial charge in [0.2, 0.25) is 10.0 Å². The third-order valence-electron chi connectivity index (χ3n) is 4.14. The van der Waals surface area contributed by atoms with E-state index < -0.39 is 10.0 Å². The molecule has 0 aliphatic carbocycles. The standard InChI is InChI=1S/C17H22ClN5O4S/c1-26-15-3-2-13(10-14(15)18)28(24,25)22-5-4-19-16-11-17(21-12-20-16)23-6-8-27-9-7-23/h2-3,10-12,22H,4-9H2,1H3,(H,19,20,21). The fourth-order valence-electron chi connectivity index (χ4n) is 2.68. The maximum absolute atomic E-state index is 12.4. The van der Waals surface area contributed by atoms with Crippen molar-refractivity contribution in [2.45, 2.75) is 4.90 Å². The van der Waals surface area contributed by atoms with Crippen molar-refractivity contribution in [3.8, 4) is 5.75 Å².